The van der Waals surface area contributed by atoms with Crippen LogP contribution in [0.5, 0.6) is 0 Å². The number of sulfonamides is 1. The summed E-state index contributed by atoms with van der Waals surface area (Å²) in [5, 5.41) is 16.2. The van der Waals surface area contributed by atoms with Crippen LogP contribution < -0.4 is 15.4 Å². The van der Waals surface area contributed by atoms with E-state index >= 15 is 0 Å². The second kappa shape index (κ2) is 8.80. The predicted octanol–water partition coefficient (Wildman–Crippen LogP) is 4.69. The molecule has 154 valence electrons. The zero-order chi connectivity index (χ0) is 21.7. The molecule has 0 spiro atoms. The molecule has 0 atom stereocenters. The number of nitro benzene ring substituents is 1. The molecular weight excluding hydrogens is 432 g/mol. The number of rotatable bonds is 6. The SMILES string of the molecule is O=C(Nc1ccc(NS(=O)(=O)c2cccc(Cl)c2)cc1)Nc1ccccc1[N+](=O)[O-]. The first-order valence-electron chi connectivity index (χ1n) is 8.44. The molecule has 0 fully saturated rings. The number of hydrogen-bond acceptors (Lipinski definition) is 5. The Balaban J connectivity index is 1.66. The molecule has 3 aromatic rings. The molecule has 30 heavy (non-hydrogen) atoms. The molecule has 9 nitrogen and oxygen atoms in total. The topological polar surface area (TPSA) is 130 Å². The van der Waals surface area contributed by atoms with Gasteiger partial charge in [0, 0.05) is 22.5 Å². The summed E-state index contributed by atoms with van der Waals surface area (Å²) in [7, 11) is -3.82. The van der Waals surface area contributed by atoms with E-state index in [0.29, 0.717) is 10.7 Å². The first-order chi connectivity index (χ1) is 14.2. The number of carbonyl (C=O) groups is 1. The van der Waals surface area contributed by atoms with Crippen molar-refractivity contribution in [2.45, 2.75) is 4.90 Å². The molecule has 0 radical (unpaired) electrons. The predicted molar refractivity (Wildman–Crippen MR) is 114 cm³/mol. The van der Waals surface area contributed by atoms with Crippen LogP contribution in [0.4, 0.5) is 27.5 Å². The molecular formula is C19H15ClN4O5S. The molecule has 2 amide bonds. The Kier molecular flexibility index (Phi) is 6.19. The number of benzene rings is 3. The van der Waals surface area contributed by atoms with Crippen LogP contribution in [0.2, 0.25) is 5.02 Å². The van der Waals surface area contributed by atoms with Crippen LogP contribution in [0, 0.1) is 10.1 Å². The first kappa shape index (κ1) is 21.1. The zero-order valence-electron chi connectivity index (χ0n) is 15.2. The quantitative estimate of drug-likeness (QED) is 0.373. The van der Waals surface area contributed by atoms with Crippen molar-refractivity contribution in [2.75, 3.05) is 15.4 Å². The monoisotopic (exact) mass is 446 g/mol. The van der Waals surface area contributed by atoms with Gasteiger partial charge in [0.1, 0.15) is 5.69 Å². The average Bonchev–Trinajstić information content (AvgIpc) is 2.69. The van der Waals surface area contributed by atoms with Crippen LogP contribution in [0.3, 0.4) is 0 Å². The molecule has 0 saturated carbocycles. The molecule has 0 aliphatic rings. The van der Waals surface area contributed by atoms with Gasteiger partial charge in [-0.3, -0.25) is 14.8 Å². The van der Waals surface area contributed by atoms with Gasteiger partial charge in [-0.15, -0.1) is 0 Å². The van der Waals surface area contributed by atoms with Crippen molar-refractivity contribution in [3.63, 3.8) is 0 Å². The third kappa shape index (κ3) is 5.25. The van der Waals surface area contributed by atoms with Crippen LogP contribution in [0.1, 0.15) is 0 Å². The largest absolute Gasteiger partial charge is 0.323 e. The maximum absolute atomic E-state index is 12.4. The summed E-state index contributed by atoms with van der Waals surface area (Å²) in [5.74, 6) is 0. The van der Waals surface area contributed by atoms with E-state index in [1.54, 1.807) is 12.1 Å². The average molecular weight is 447 g/mol. The molecule has 0 bridgehead atoms. The molecule has 11 heteroatoms. The lowest BCUT2D eigenvalue weighted by molar-refractivity contribution is -0.383. The number of urea groups is 1. The number of halogens is 1. The van der Waals surface area contributed by atoms with Crippen LogP contribution in [-0.2, 0) is 10.0 Å². The normalized spacial score (nSPS) is 10.8. The van der Waals surface area contributed by atoms with E-state index < -0.39 is 21.0 Å². The van der Waals surface area contributed by atoms with Crippen molar-refractivity contribution in [3.05, 3.63) is 87.9 Å². The molecule has 3 rings (SSSR count). The first-order valence-corrected chi connectivity index (χ1v) is 10.3. The molecule has 0 aliphatic heterocycles. The lowest BCUT2D eigenvalue weighted by atomic mass is 10.2. The van der Waals surface area contributed by atoms with Gasteiger partial charge < -0.3 is 10.6 Å². The molecule has 0 unspecified atom stereocenters. The van der Waals surface area contributed by atoms with Crippen molar-refractivity contribution in [3.8, 4) is 0 Å². The van der Waals surface area contributed by atoms with Gasteiger partial charge in [0.15, 0.2) is 0 Å². The maximum atomic E-state index is 12.4. The van der Waals surface area contributed by atoms with E-state index in [9.17, 15) is 23.3 Å². The second-order valence-electron chi connectivity index (χ2n) is 5.99. The van der Waals surface area contributed by atoms with E-state index in [0.717, 1.165) is 0 Å². The number of nitro groups is 1. The van der Waals surface area contributed by atoms with E-state index in [1.165, 1.54) is 60.7 Å². The van der Waals surface area contributed by atoms with Crippen LogP contribution >= 0.6 is 11.6 Å². The summed E-state index contributed by atoms with van der Waals surface area (Å²) >= 11 is 5.83. The number of carbonyl (C=O) groups excluding carboxylic acids is 1. The van der Waals surface area contributed by atoms with Crippen LogP contribution in [0.15, 0.2) is 77.7 Å². The van der Waals surface area contributed by atoms with Crippen molar-refractivity contribution in [1.29, 1.82) is 0 Å². The van der Waals surface area contributed by atoms with E-state index in [4.69, 9.17) is 11.6 Å². The number of amides is 2. The van der Waals surface area contributed by atoms with Gasteiger partial charge in [0.25, 0.3) is 15.7 Å². The number of para-hydroxylation sites is 2. The van der Waals surface area contributed by atoms with Crippen molar-refractivity contribution >= 4 is 50.4 Å². The third-order valence-corrected chi connectivity index (χ3v) is 5.46. The van der Waals surface area contributed by atoms with Gasteiger partial charge in [-0.2, -0.15) is 0 Å². The fourth-order valence-electron chi connectivity index (χ4n) is 2.49. The second-order valence-corrected chi connectivity index (χ2v) is 8.11. The molecule has 0 saturated heterocycles. The summed E-state index contributed by atoms with van der Waals surface area (Å²) in [5.41, 5.74) is 0.445. The fourth-order valence-corrected chi connectivity index (χ4v) is 3.85. The highest BCUT2D eigenvalue weighted by Gasteiger charge is 2.16. The maximum Gasteiger partial charge on any atom is 0.323 e. The minimum absolute atomic E-state index is 0.0148. The lowest BCUT2D eigenvalue weighted by Gasteiger charge is -2.10. The van der Waals surface area contributed by atoms with Gasteiger partial charge >= 0.3 is 6.03 Å². The summed E-state index contributed by atoms with van der Waals surface area (Å²) in [6, 6.07) is 16.8. The number of nitrogens with zero attached hydrogens (tertiary/aromatic N) is 1. The summed E-state index contributed by atoms with van der Waals surface area (Å²) in [6.45, 7) is 0. The Morgan fingerprint density at radius 3 is 2.23 bits per heavy atom. The number of hydrogen-bond donors (Lipinski definition) is 3. The number of anilines is 3. The van der Waals surface area contributed by atoms with E-state index in [-0.39, 0.29) is 22.0 Å². The van der Waals surface area contributed by atoms with E-state index in [2.05, 4.69) is 15.4 Å². The molecule has 0 aromatic heterocycles. The Hall–Kier alpha value is -3.63. The van der Waals surface area contributed by atoms with Gasteiger partial charge in [0.2, 0.25) is 0 Å². The van der Waals surface area contributed by atoms with E-state index in [1.807, 2.05) is 0 Å². The zero-order valence-corrected chi connectivity index (χ0v) is 16.8. The lowest BCUT2D eigenvalue weighted by Crippen LogP contribution is -2.20. The molecule has 0 heterocycles. The third-order valence-electron chi connectivity index (χ3n) is 3.85. The summed E-state index contributed by atoms with van der Waals surface area (Å²) in [6.07, 6.45) is 0. The molecule has 0 aliphatic carbocycles. The Morgan fingerprint density at radius 2 is 1.57 bits per heavy atom. The Labute approximate surface area is 176 Å². The van der Waals surface area contributed by atoms with Crippen molar-refractivity contribution < 1.29 is 18.1 Å². The smallest absolute Gasteiger partial charge is 0.308 e. The van der Waals surface area contributed by atoms with Crippen molar-refractivity contribution in [1.82, 2.24) is 0 Å². The highest BCUT2D eigenvalue weighted by Crippen LogP contribution is 2.24. The molecule has 3 aromatic carbocycles. The summed E-state index contributed by atoms with van der Waals surface area (Å²) < 4.78 is 27.2. The standard InChI is InChI=1S/C19H15ClN4O5S/c20-13-4-3-5-16(12-13)30(28,29)23-15-10-8-14(9-11-15)21-19(25)22-17-6-1-2-7-18(17)24(26)27/h1-12,23H,(H2,21,22,25). The highest BCUT2D eigenvalue weighted by atomic mass is 35.5. The highest BCUT2D eigenvalue weighted by molar-refractivity contribution is 7.92. The summed E-state index contributed by atoms with van der Waals surface area (Å²) in [4.78, 5) is 22.5. The fraction of sp³-hybridized carbons (Fsp3) is 0. The van der Waals surface area contributed by atoms with Gasteiger partial charge in [-0.05, 0) is 48.5 Å². The van der Waals surface area contributed by atoms with Crippen molar-refractivity contribution in [2.24, 2.45) is 0 Å². The Bertz CT molecular complexity index is 1200. The van der Waals surface area contributed by atoms with Gasteiger partial charge in [-0.1, -0.05) is 29.8 Å². The minimum Gasteiger partial charge on any atom is -0.308 e. The van der Waals surface area contributed by atoms with Gasteiger partial charge in [-0.25, -0.2) is 13.2 Å². The van der Waals surface area contributed by atoms with Crippen LogP contribution in [0.25, 0.3) is 0 Å². The Morgan fingerprint density at radius 1 is 0.900 bits per heavy atom. The minimum atomic E-state index is -3.82. The molecule has 3 N–H and O–H groups in total. The van der Waals surface area contributed by atoms with Gasteiger partial charge in [0.05, 0.1) is 9.82 Å². The van der Waals surface area contributed by atoms with Crippen LogP contribution in [-0.4, -0.2) is 19.4 Å². The number of nitrogens with one attached hydrogen (secondary N) is 3.